The molecule has 0 bridgehead atoms. The predicted molar refractivity (Wildman–Crippen MR) is 68.5 cm³/mol. The van der Waals surface area contributed by atoms with Crippen LogP contribution in [-0.4, -0.2) is 41.9 Å². The van der Waals surface area contributed by atoms with E-state index >= 15 is 0 Å². The number of hydrogen-bond acceptors (Lipinski definition) is 3. The molecular weight excluding hydrogens is 220 g/mol. The van der Waals surface area contributed by atoms with E-state index in [2.05, 4.69) is 4.90 Å². The zero-order chi connectivity index (χ0) is 11.4. The second-order valence-corrected chi connectivity index (χ2v) is 6.31. The third-order valence-corrected chi connectivity index (χ3v) is 5.00. The third kappa shape index (κ3) is 2.72. The molecule has 1 saturated carbocycles. The van der Waals surface area contributed by atoms with E-state index < -0.39 is 0 Å². The van der Waals surface area contributed by atoms with Gasteiger partial charge in [0.05, 0.1) is 0 Å². The lowest BCUT2D eigenvalue weighted by Gasteiger charge is -2.41. The molecule has 92 valence electrons. The fraction of sp³-hybridized carbons (Fsp3) is 0.917. The van der Waals surface area contributed by atoms with Crippen molar-refractivity contribution >= 4 is 17.7 Å². The molecule has 4 heteroatoms. The summed E-state index contributed by atoms with van der Waals surface area (Å²) in [6.07, 6.45) is 5.39. The van der Waals surface area contributed by atoms with Crippen LogP contribution in [0.15, 0.2) is 0 Å². The maximum atomic E-state index is 12.2. The highest BCUT2D eigenvalue weighted by Crippen LogP contribution is 2.43. The highest BCUT2D eigenvalue weighted by Gasteiger charge is 2.38. The molecule has 1 heterocycles. The van der Waals surface area contributed by atoms with Gasteiger partial charge in [-0.1, -0.05) is 6.42 Å². The molecule has 3 nitrogen and oxygen atoms in total. The highest BCUT2D eigenvalue weighted by atomic mass is 32.2. The highest BCUT2D eigenvalue weighted by molar-refractivity contribution is 7.99. The Kier molecular flexibility index (Phi) is 4.14. The zero-order valence-corrected chi connectivity index (χ0v) is 10.7. The molecule has 2 N–H and O–H groups in total. The first-order chi connectivity index (χ1) is 7.76. The summed E-state index contributed by atoms with van der Waals surface area (Å²) in [5.74, 6) is 2.64. The van der Waals surface area contributed by atoms with E-state index in [-0.39, 0.29) is 5.41 Å². The van der Waals surface area contributed by atoms with E-state index in [1.54, 1.807) is 0 Å². The van der Waals surface area contributed by atoms with Crippen molar-refractivity contribution in [3.63, 3.8) is 0 Å². The maximum absolute atomic E-state index is 12.2. The lowest BCUT2D eigenvalue weighted by Crippen LogP contribution is -2.43. The molecular formula is C12H22N2OS. The van der Waals surface area contributed by atoms with Crippen LogP contribution in [0.5, 0.6) is 0 Å². The molecule has 1 aliphatic carbocycles. The van der Waals surface area contributed by atoms with Gasteiger partial charge in [0.25, 0.3) is 0 Å². The number of carbonyl (C=O) groups is 1. The summed E-state index contributed by atoms with van der Waals surface area (Å²) in [6, 6.07) is 0. The molecule has 0 aromatic heterocycles. The van der Waals surface area contributed by atoms with Crippen LogP contribution in [0.3, 0.4) is 0 Å². The molecule has 16 heavy (non-hydrogen) atoms. The van der Waals surface area contributed by atoms with Crippen LogP contribution in [-0.2, 0) is 4.79 Å². The zero-order valence-electron chi connectivity index (χ0n) is 9.91. The van der Waals surface area contributed by atoms with E-state index in [9.17, 15) is 4.79 Å². The smallest absolute Gasteiger partial charge is 0.223 e. The predicted octanol–water partition coefficient (Wildman–Crippen LogP) is 1.47. The molecule has 0 unspecified atom stereocenters. The molecule has 0 radical (unpaired) electrons. The van der Waals surface area contributed by atoms with Gasteiger partial charge >= 0.3 is 0 Å². The Hall–Kier alpha value is -0.220. The van der Waals surface area contributed by atoms with Gasteiger partial charge < -0.3 is 10.6 Å². The van der Waals surface area contributed by atoms with Gasteiger partial charge in [-0.05, 0) is 37.0 Å². The monoisotopic (exact) mass is 242 g/mol. The molecule has 0 aromatic rings. The SMILES string of the molecule is NCC1(CC(=O)N2CCCSCC2)CCC1. The summed E-state index contributed by atoms with van der Waals surface area (Å²) < 4.78 is 0. The second-order valence-electron chi connectivity index (χ2n) is 5.08. The summed E-state index contributed by atoms with van der Waals surface area (Å²) in [5, 5.41) is 0. The fourth-order valence-electron chi connectivity index (χ4n) is 2.56. The fourth-order valence-corrected chi connectivity index (χ4v) is 3.44. The molecule has 1 amide bonds. The third-order valence-electron chi connectivity index (χ3n) is 3.95. The molecule has 1 aliphatic heterocycles. The minimum absolute atomic E-state index is 0.163. The quantitative estimate of drug-likeness (QED) is 0.815. The van der Waals surface area contributed by atoms with E-state index in [0.717, 1.165) is 38.1 Å². The number of nitrogens with zero attached hydrogens (tertiary/aromatic N) is 1. The molecule has 1 saturated heterocycles. The van der Waals surface area contributed by atoms with E-state index in [0.29, 0.717) is 18.9 Å². The molecule has 2 fully saturated rings. The maximum Gasteiger partial charge on any atom is 0.223 e. The van der Waals surface area contributed by atoms with Crippen LogP contribution in [0.4, 0.5) is 0 Å². The number of amides is 1. The van der Waals surface area contributed by atoms with Gasteiger partial charge in [0.1, 0.15) is 0 Å². The van der Waals surface area contributed by atoms with Crippen molar-refractivity contribution < 1.29 is 4.79 Å². The summed E-state index contributed by atoms with van der Waals surface area (Å²) in [6.45, 7) is 2.57. The number of carbonyl (C=O) groups excluding carboxylic acids is 1. The Morgan fingerprint density at radius 2 is 2.06 bits per heavy atom. The summed E-state index contributed by atoms with van der Waals surface area (Å²) in [5.41, 5.74) is 5.97. The van der Waals surface area contributed by atoms with Crippen molar-refractivity contribution in [3.8, 4) is 0 Å². The number of nitrogens with two attached hydrogens (primary N) is 1. The largest absolute Gasteiger partial charge is 0.342 e. The van der Waals surface area contributed by atoms with E-state index in [1.807, 2.05) is 11.8 Å². The second kappa shape index (κ2) is 5.41. The average Bonchev–Trinajstić information content (AvgIpc) is 2.51. The van der Waals surface area contributed by atoms with Gasteiger partial charge in [0, 0.05) is 25.3 Å². The van der Waals surface area contributed by atoms with Crippen molar-refractivity contribution in [1.82, 2.24) is 4.90 Å². The van der Waals surface area contributed by atoms with Gasteiger partial charge in [-0.3, -0.25) is 4.79 Å². The lowest BCUT2D eigenvalue weighted by molar-refractivity contribution is -0.134. The van der Waals surface area contributed by atoms with Crippen LogP contribution >= 0.6 is 11.8 Å². The van der Waals surface area contributed by atoms with Crippen LogP contribution < -0.4 is 5.73 Å². The van der Waals surface area contributed by atoms with Crippen LogP contribution in [0, 0.1) is 5.41 Å². The van der Waals surface area contributed by atoms with E-state index in [1.165, 1.54) is 12.2 Å². The summed E-state index contributed by atoms with van der Waals surface area (Å²) in [7, 11) is 0. The Bertz CT molecular complexity index is 240. The minimum Gasteiger partial charge on any atom is -0.342 e. The topological polar surface area (TPSA) is 46.3 Å². The first kappa shape index (κ1) is 12.2. The van der Waals surface area contributed by atoms with Crippen molar-refractivity contribution in [1.29, 1.82) is 0 Å². The van der Waals surface area contributed by atoms with Crippen molar-refractivity contribution in [3.05, 3.63) is 0 Å². The van der Waals surface area contributed by atoms with Crippen LogP contribution in [0.25, 0.3) is 0 Å². The van der Waals surface area contributed by atoms with Crippen LogP contribution in [0.1, 0.15) is 32.1 Å². The van der Waals surface area contributed by atoms with Gasteiger partial charge in [-0.2, -0.15) is 11.8 Å². The van der Waals surface area contributed by atoms with Crippen molar-refractivity contribution in [2.45, 2.75) is 32.1 Å². The standard InChI is InChI=1S/C12H22N2OS/c13-10-12(3-1-4-12)9-11(15)14-5-2-7-16-8-6-14/h1-10,13H2. The Morgan fingerprint density at radius 1 is 1.25 bits per heavy atom. The lowest BCUT2D eigenvalue weighted by atomic mass is 9.66. The minimum atomic E-state index is 0.163. The van der Waals surface area contributed by atoms with Gasteiger partial charge in [0.15, 0.2) is 0 Å². The van der Waals surface area contributed by atoms with Crippen molar-refractivity contribution in [2.24, 2.45) is 11.1 Å². The van der Waals surface area contributed by atoms with Gasteiger partial charge in [0.2, 0.25) is 5.91 Å². The molecule has 2 aliphatic rings. The molecule has 2 rings (SSSR count). The molecule has 0 aromatic carbocycles. The van der Waals surface area contributed by atoms with Gasteiger partial charge in [-0.25, -0.2) is 0 Å². The number of rotatable bonds is 3. The normalized spacial score (nSPS) is 24.7. The first-order valence-corrected chi connectivity index (χ1v) is 7.47. The number of hydrogen-bond donors (Lipinski definition) is 1. The number of thioether (sulfide) groups is 1. The van der Waals surface area contributed by atoms with Gasteiger partial charge in [-0.15, -0.1) is 0 Å². The Morgan fingerprint density at radius 3 is 2.69 bits per heavy atom. The summed E-state index contributed by atoms with van der Waals surface area (Å²) in [4.78, 5) is 14.2. The molecule has 0 spiro atoms. The average molecular weight is 242 g/mol. The van der Waals surface area contributed by atoms with E-state index in [4.69, 9.17) is 5.73 Å². The first-order valence-electron chi connectivity index (χ1n) is 6.31. The Balaban J connectivity index is 1.86. The van der Waals surface area contributed by atoms with Crippen LogP contribution in [0.2, 0.25) is 0 Å². The van der Waals surface area contributed by atoms with Crippen molar-refractivity contribution in [2.75, 3.05) is 31.1 Å². The summed E-state index contributed by atoms with van der Waals surface area (Å²) >= 11 is 1.96. The Labute approximate surface area is 102 Å². The molecule has 0 atom stereocenters.